The number of rotatable bonds is 5. The maximum Gasteiger partial charge on any atom is 0.252 e. The third-order valence-electron chi connectivity index (χ3n) is 2.88. The molecule has 0 aliphatic rings. The molecule has 1 unspecified atom stereocenters. The van der Waals surface area contributed by atoms with Crippen molar-refractivity contribution in [1.29, 1.82) is 0 Å². The van der Waals surface area contributed by atoms with Crippen molar-refractivity contribution >= 4 is 5.91 Å². The van der Waals surface area contributed by atoms with Crippen LogP contribution in [0.5, 0.6) is 0 Å². The van der Waals surface area contributed by atoms with Crippen molar-refractivity contribution in [2.24, 2.45) is 0 Å². The third-order valence-corrected chi connectivity index (χ3v) is 2.88. The summed E-state index contributed by atoms with van der Waals surface area (Å²) in [6.45, 7) is 0.258. The van der Waals surface area contributed by atoms with Crippen molar-refractivity contribution in [2.75, 3.05) is 13.7 Å². The summed E-state index contributed by atoms with van der Waals surface area (Å²) in [5.41, 5.74) is 1.15. The number of nitrogens with zero attached hydrogens (tertiary/aromatic N) is 1. The highest BCUT2D eigenvalue weighted by Gasteiger charge is 2.13. The molecular weight excluding hydrogens is 259 g/mol. The summed E-state index contributed by atoms with van der Waals surface area (Å²) >= 11 is 0. The molecule has 1 aromatic heterocycles. The fourth-order valence-electron chi connectivity index (χ4n) is 1.83. The Morgan fingerprint density at radius 3 is 2.90 bits per heavy atom. The van der Waals surface area contributed by atoms with Crippen LogP contribution in [0.4, 0.5) is 4.39 Å². The average Bonchev–Trinajstić information content (AvgIpc) is 2.48. The molecule has 0 saturated heterocycles. The van der Waals surface area contributed by atoms with Gasteiger partial charge in [0.05, 0.1) is 11.7 Å². The molecule has 1 atom stereocenters. The van der Waals surface area contributed by atoms with Crippen molar-refractivity contribution in [3.8, 4) is 0 Å². The maximum atomic E-state index is 13.2. The molecule has 0 bridgehead atoms. The predicted octanol–water partition coefficient (Wildman–Crippen LogP) is 2.34. The molecule has 0 radical (unpaired) electrons. The van der Waals surface area contributed by atoms with Crippen molar-refractivity contribution < 1.29 is 13.9 Å². The second-order valence-electron chi connectivity index (χ2n) is 4.23. The first-order valence-electron chi connectivity index (χ1n) is 6.17. The van der Waals surface area contributed by atoms with E-state index in [1.54, 1.807) is 30.5 Å². The van der Waals surface area contributed by atoms with E-state index >= 15 is 0 Å². The largest absolute Gasteiger partial charge is 0.375 e. The molecule has 0 saturated carbocycles. The average molecular weight is 274 g/mol. The number of aromatic nitrogens is 1. The minimum absolute atomic E-state index is 0.239. The van der Waals surface area contributed by atoms with Gasteiger partial charge >= 0.3 is 0 Å². The van der Waals surface area contributed by atoms with E-state index in [4.69, 9.17) is 4.74 Å². The summed E-state index contributed by atoms with van der Waals surface area (Å²) in [6.07, 6.45) is 2.69. The summed E-state index contributed by atoms with van der Waals surface area (Å²) in [7, 11) is 1.52. The second kappa shape index (κ2) is 6.77. The molecule has 104 valence electrons. The van der Waals surface area contributed by atoms with E-state index in [1.165, 1.54) is 25.4 Å². The summed E-state index contributed by atoms with van der Waals surface area (Å²) in [5.74, 6) is -0.570. The molecule has 2 aromatic rings. The van der Waals surface area contributed by atoms with Gasteiger partial charge in [-0.15, -0.1) is 0 Å². The molecule has 2 rings (SSSR count). The third kappa shape index (κ3) is 3.61. The topological polar surface area (TPSA) is 51.2 Å². The van der Waals surface area contributed by atoms with Crippen LogP contribution < -0.4 is 5.32 Å². The number of nitrogens with one attached hydrogen (secondary N) is 1. The Hall–Kier alpha value is -2.27. The van der Waals surface area contributed by atoms with Gasteiger partial charge < -0.3 is 10.1 Å². The van der Waals surface area contributed by atoms with Crippen molar-refractivity contribution in [2.45, 2.75) is 6.10 Å². The van der Waals surface area contributed by atoms with Gasteiger partial charge in [0.15, 0.2) is 0 Å². The van der Waals surface area contributed by atoms with Gasteiger partial charge in [0.25, 0.3) is 5.91 Å². The number of carbonyl (C=O) groups excluding carboxylic acids is 1. The summed E-state index contributed by atoms with van der Waals surface area (Å²) in [6, 6.07) is 9.49. The van der Waals surface area contributed by atoms with Gasteiger partial charge in [-0.3, -0.25) is 9.78 Å². The molecule has 1 aromatic carbocycles. The molecule has 4 nitrogen and oxygen atoms in total. The molecule has 0 aliphatic carbocycles. The summed E-state index contributed by atoms with van der Waals surface area (Å²) in [4.78, 5) is 15.8. The summed E-state index contributed by atoms with van der Waals surface area (Å²) in [5, 5.41) is 2.74. The van der Waals surface area contributed by atoms with E-state index in [-0.39, 0.29) is 18.3 Å². The van der Waals surface area contributed by atoms with Crippen LogP contribution in [0.3, 0.4) is 0 Å². The molecule has 5 heteroatoms. The first-order valence-corrected chi connectivity index (χ1v) is 6.17. The van der Waals surface area contributed by atoms with Crippen LogP contribution in [0.15, 0.2) is 48.8 Å². The molecule has 0 spiro atoms. The van der Waals surface area contributed by atoms with Crippen LogP contribution >= 0.6 is 0 Å². The zero-order valence-electron chi connectivity index (χ0n) is 11.0. The van der Waals surface area contributed by atoms with E-state index in [1.807, 2.05) is 0 Å². The Morgan fingerprint density at radius 2 is 2.25 bits per heavy atom. The smallest absolute Gasteiger partial charge is 0.252 e. The van der Waals surface area contributed by atoms with E-state index in [9.17, 15) is 9.18 Å². The highest BCUT2D eigenvalue weighted by atomic mass is 19.1. The molecule has 20 heavy (non-hydrogen) atoms. The van der Waals surface area contributed by atoms with Crippen LogP contribution in [0.1, 0.15) is 22.0 Å². The number of pyridine rings is 1. The Morgan fingerprint density at radius 1 is 1.40 bits per heavy atom. The lowest BCUT2D eigenvalue weighted by atomic mass is 10.1. The Kier molecular flexibility index (Phi) is 4.79. The molecular formula is C15H15FN2O2. The Bertz CT molecular complexity index is 575. The SMILES string of the molecule is COC(CNC(=O)c1cccnc1)c1cccc(F)c1. The number of halogens is 1. The zero-order valence-corrected chi connectivity index (χ0v) is 11.0. The fraction of sp³-hybridized carbons (Fsp3) is 0.200. The number of hydrogen-bond donors (Lipinski definition) is 1. The first-order chi connectivity index (χ1) is 9.70. The number of amides is 1. The van der Waals surface area contributed by atoms with Gasteiger partial charge in [0.2, 0.25) is 0 Å². The van der Waals surface area contributed by atoms with E-state index < -0.39 is 6.10 Å². The van der Waals surface area contributed by atoms with Crippen molar-refractivity contribution in [3.05, 3.63) is 65.7 Å². The summed E-state index contributed by atoms with van der Waals surface area (Å²) < 4.78 is 18.5. The van der Waals surface area contributed by atoms with Gasteiger partial charge in [0.1, 0.15) is 5.82 Å². The highest BCUT2D eigenvalue weighted by Crippen LogP contribution is 2.16. The van der Waals surface area contributed by atoms with Crippen LogP contribution in [-0.4, -0.2) is 24.5 Å². The molecule has 0 aliphatic heterocycles. The number of ether oxygens (including phenoxy) is 1. The number of benzene rings is 1. The van der Waals surface area contributed by atoms with Gasteiger partial charge in [-0.05, 0) is 29.8 Å². The van der Waals surface area contributed by atoms with Gasteiger partial charge in [-0.1, -0.05) is 12.1 Å². The van der Waals surface area contributed by atoms with Crippen molar-refractivity contribution in [1.82, 2.24) is 10.3 Å². The van der Waals surface area contributed by atoms with E-state index in [0.29, 0.717) is 11.1 Å². The quantitative estimate of drug-likeness (QED) is 0.910. The maximum absolute atomic E-state index is 13.2. The van der Waals surface area contributed by atoms with Crippen LogP contribution in [0.25, 0.3) is 0 Å². The second-order valence-corrected chi connectivity index (χ2v) is 4.23. The van der Waals surface area contributed by atoms with Gasteiger partial charge in [0, 0.05) is 26.0 Å². The minimum Gasteiger partial charge on any atom is -0.375 e. The molecule has 0 fully saturated rings. The molecule has 1 N–H and O–H groups in total. The minimum atomic E-state index is -0.397. The standard InChI is InChI=1S/C15H15FN2O2/c1-20-14(11-4-2-6-13(16)8-11)10-18-15(19)12-5-3-7-17-9-12/h2-9,14H,10H2,1H3,(H,18,19). The number of hydrogen-bond acceptors (Lipinski definition) is 3. The van der Waals surface area contributed by atoms with E-state index in [0.717, 1.165) is 0 Å². The molecule has 1 amide bonds. The zero-order chi connectivity index (χ0) is 14.4. The predicted molar refractivity (Wildman–Crippen MR) is 72.7 cm³/mol. The van der Waals surface area contributed by atoms with Crippen LogP contribution in [-0.2, 0) is 4.74 Å². The van der Waals surface area contributed by atoms with Gasteiger partial charge in [-0.2, -0.15) is 0 Å². The highest BCUT2D eigenvalue weighted by molar-refractivity contribution is 5.93. The fourth-order valence-corrected chi connectivity index (χ4v) is 1.83. The lowest BCUT2D eigenvalue weighted by Gasteiger charge is -2.16. The van der Waals surface area contributed by atoms with E-state index in [2.05, 4.69) is 10.3 Å². The Balaban J connectivity index is 1.99. The normalized spacial score (nSPS) is 11.9. The van der Waals surface area contributed by atoms with Gasteiger partial charge in [-0.25, -0.2) is 4.39 Å². The Labute approximate surface area is 116 Å². The first kappa shape index (κ1) is 14.1. The number of carbonyl (C=O) groups is 1. The molecule has 1 heterocycles. The lowest BCUT2D eigenvalue weighted by Crippen LogP contribution is -2.29. The lowest BCUT2D eigenvalue weighted by molar-refractivity contribution is 0.0827. The van der Waals surface area contributed by atoms with Crippen LogP contribution in [0, 0.1) is 5.82 Å². The van der Waals surface area contributed by atoms with Crippen molar-refractivity contribution in [3.63, 3.8) is 0 Å². The monoisotopic (exact) mass is 274 g/mol. The van der Waals surface area contributed by atoms with Crippen LogP contribution in [0.2, 0.25) is 0 Å². The number of methoxy groups -OCH3 is 1.